The van der Waals surface area contributed by atoms with Crippen molar-refractivity contribution < 1.29 is 0 Å². The highest BCUT2D eigenvalue weighted by atomic mass is 32.2. The fourth-order valence-electron chi connectivity index (χ4n) is 2.95. The van der Waals surface area contributed by atoms with Gasteiger partial charge in [-0.25, -0.2) is 15.0 Å². The zero-order chi connectivity index (χ0) is 14.2. The summed E-state index contributed by atoms with van der Waals surface area (Å²) in [5, 5.41) is 1.04. The highest BCUT2D eigenvalue weighted by Gasteiger charge is 2.25. The molecule has 2 aromatic rings. The van der Waals surface area contributed by atoms with Crippen LogP contribution in [0.1, 0.15) is 24.1 Å². The summed E-state index contributed by atoms with van der Waals surface area (Å²) in [5.74, 6) is 0.897. The van der Waals surface area contributed by atoms with Crippen molar-refractivity contribution in [2.24, 2.45) is 0 Å². The first-order valence-corrected chi connectivity index (χ1v) is 8.74. The molecule has 0 unspecified atom stereocenters. The minimum absolute atomic E-state index is 0.897. The van der Waals surface area contributed by atoms with Crippen molar-refractivity contribution in [3.05, 3.63) is 29.5 Å². The number of aromatic nitrogens is 3. The van der Waals surface area contributed by atoms with Crippen LogP contribution in [0.3, 0.4) is 0 Å². The SMILES string of the molecule is CSc1cccc(-c2nc(N3CCC3)nc3c2CCC3)n1. The Bertz CT molecular complexity index is 682. The van der Waals surface area contributed by atoms with Crippen LogP contribution in [0.2, 0.25) is 0 Å². The number of aryl methyl sites for hydroxylation is 1. The maximum absolute atomic E-state index is 4.86. The summed E-state index contributed by atoms with van der Waals surface area (Å²) < 4.78 is 0. The Morgan fingerprint density at radius 3 is 2.71 bits per heavy atom. The van der Waals surface area contributed by atoms with E-state index in [1.807, 2.05) is 6.07 Å². The minimum atomic E-state index is 0.897. The smallest absolute Gasteiger partial charge is 0.226 e. The Hall–Kier alpha value is -1.62. The third-order valence-corrected chi connectivity index (χ3v) is 4.88. The van der Waals surface area contributed by atoms with Gasteiger partial charge in [0.2, 0.25) is 5.95 Å². The molecule has 108 valence electrons. The summed E-state index contributed by atoms with van der Waals surface area (Å²) in [6, 6.07) is 6.19. The van der Waals surface area contributed by atoms with E-state index in [4.69, 9.17) is 15.0 Å². The fraction of sp³-hybridized carbons (Fsp3) is 0.438. The molecule has 3 heterocycles. The molecule has 0 aromatic carbocycles. The van der Waals surface area contributed by atoms with Gasteiger partial charge in [-0.05, 0) is 44.1 Å². The lowest BCUT2D eigenvalue weighted by Gasteiger charge is -2.31. The van der Waals surface area contributed by atoms with Gasteiger partial charge in [-0.1, -0.05) is 6.07 Å². The maximum atomic E-state index is 4.86. The highest BCUT2D eigenvalue weighted by Crippen LogP contribution is 2.32. The molecule has 0 atom stereocenters. The van der Waals surface area contributed by atoms with Gasteiger partial charge in [0.1, 0.15) is 0 Å². The highest BCUT2D eigenvalue weighted by molar-refractivity contribution is 7.98. The molecule has 2 aromatic heterocycles. The van der Waals surface area contributed by atoms with E-state index in [1.165, 1.54) is 24.1 Å². The molecule has 0 spiro atoms. The van der Waals surface area contributed by atoms with E-state index in [-0.39, 0.29) is 0 Å². The van der Waals surface area contributed by atoms with Crippen molar-refractivity contribution in [2.75, 3.05) is 24.2 Å². The van der Waals surface area contributed by atoms with Crippen LogP contribution in [0.4, 0.5) is 5.95 Å². The second kappa shape index (κ2) is 5.30. The number of fused-ring (bicyclic) bond motifs is 1. The van der Waals surface area contributed by atoms with Crippen molar-refractivity contribution >= 4 is 17.7 Å². The Morgan fingerprint density at radius 2 is 1.95 bits per heavy atom. The maximum Gasteiger partial charge on any atom is 0.226 e. The molecule has 4 nitrogen and oxygen atoms in total. The van der Waals surface area contributed by atoms with Crippen LogP contribution in [-0.4, -0.2) is 34.3 Å². The van der Waals surface area contributed by atoms with Crippen LogP contribution in [0.15, 0.2) is 23.2 Å². The van der Waals surface area contributed by atoms with Gasteiger partial charge in [-0.2, -0.15) is 0 Å². The molecule has 1 aliphatic carbocycles. The summed E-state index contributed by atoms with van der Waals surface area (Å²) in [7, 11) is 0. The largest absolute Gasteiger partial charge is 0.341 e. The lowest BCUT2D eigenvalue weighted by molar-refractivity contribution is 0.599. The Labute approximate surface area is 129 Å². The van der Waals surface area contributed by atoms with Gasteiger partial charge in [0.05, 0.1) is 16.4 Å². The summed E-state index contributed by atoms with van der Waals surface area (Å²) in [5.41, 5.74) is 4.59. The lowest BCUT2D eigenvalue weighted by atomic mass is 10.1. The molecule has 1 aliphatic heterocycles. The van der Waals surface area contributed by atoms with Crippen molar-refractivity contribution in [1.29, 1.82) is 0 Å². The standard InChI is InChI=1S/C16H18N4S/c1-21-14-8-3-7-13(17-14)15-11-5-2-6-12(11)18-16(19-15)20-9-4-10-20/h3,7-8H,2,4-6,9-10H2,1H3. The van der Waals surface area contributed by atoms with Crippen molar-refractivity contribution in [3.63, 3.8) is 0 Å². The van der Waals surface area contributed by atoms with E-state index in [9.17, 15) is 0 Å². The van der Waals surface area contributed by atoms with Crippen LogP contribution < -0.4 is 4.90 Å². The zero-order valence-corrected chi connectivity index (χ0v) is 13.0. The molecule has 1 fully saturated rings. The Balaban J connectivity index is 1.84. The Morgan fingerprint density at radius 1 is 1.05 bits per heavy atom. The van der Waals surface area contributed by atoms with Gasteiger partial charge in [0, 0.05) is 24.3 Å². The van der Waals surface area contributed by atoms with Crippen LogP contribution in [-0.2, 0) is 12.8 Å². The monoisotopic (exact) mass is 298 g/mol. The average molecular weight is 298 g/mol. The van der Waals surface area contributed by atoms with E-state index in [0.717, 1.165) is 48.3 Å². The van der Waals surface area contributed by atoms with Gasteiger partial charge >= 0.3 is 0 Å². The number of rotatable bonds is 3. The molecule has 4 rings (SSSR count). The second-order valence-electron chi connectivity index (χ2n) is 5.56. The molecule has 0 bridgehead atoms. The molecule has 5 heteroatoms. The molecule has 0 saturated carbocycles. The van der Waals surface area contributed by atoms with Gasteiger partial charge in [-0.3, -0.25) is 0 Å². The molecular formula is C16H18N4S. The first-order chi connectivity index (χ1) is 10.3. The van der Waals surface area contributed by atoms with E-state index >= 15 is 0 Å². The van der Waals surface area contributed by atoms with E-state index < -0.39 is 0 Å². The average Bonchev–Trinajstić information content (AvgIpc) is 2.93. The van der Waals surface area contributed by atoms with Crippen LogP contribution >= 0.6 is 11.8 Å². The fourth-order valence-corrected chi connectivity index (χ4v) is 3.35. The lowest BCUT2D eigenvalue weighted by Crippen LogP contribution is -2.38. The number of nitrogens with zero attached hydrogens (tertiary/aromatic N) is 4. The third kappa shape index (κ3) is 2.29. The van der Waals surface area contributed by atoms with Crippen molar-refractivity contribution in [1.82, 2.24) is 15.0 Å². The number of hydrogen-bond donors (Lipinski definition) is 0. The zero-order valence-electron chi connectivity index (χ0n) is 12.2. The number of anilines is 1. The first-order valence-electron chi connectivity index (χ1n) is 7.51. The predicted molar refractivity (Wildman–Crippen MR) is 85.9 cm³/mol. The normalized spacial score (nSPS) is 16.7. The predicted octanol–water partition coefficient (Wildman–Crippen LogP) is 2.96. The number of thioether (sulfide) groups is 1. The van der Waals surface area contributed by atoms with Gasteiger partial charge < -0.3 is 4.90 Å². The van der Waals surface area contributed by atoms with Gasteiger partial charge in [0.15, 0.2) is 0 Å². The van der Waals surface area contributed by atoms with Crippen molar-refractivity contribution in [3.8, 4) is 11.4 Å². The van der Waals surface area contributed by atoms with E-state index in [2.05, 4.69) is 23.3 Å². The number of pyridine rings is 1. The molecular weight excluding hydrogens is 280 g/mol. The van der Waals surface area contributed by atoms with Gasteiger partial charge in [-0.15, -0.1) is 11.8 Å². The summed E-state index contributed by atoms with van der Waals surface area (Å²) in [6.07, 6.45) is 6.64. The molecule has 0 N–H and O–H groups in total. The van der Waals surface area contributed by atoms with Crippen molar-refractivity contribution in [2.45, 2.75) is 30.7 Å². The minimum Gasteiger partial charge on any atom is -0.341 e. The summed E-state index contributed by atoms with van der Waals surface area (Å²) >= 11 is 1.67. The summed E-state index contributed by atoms with van der Waals surface area (Å²) in [6.45, 7) is 2.16. The van der Waals surface area contributed by atoms with Crippen LogP contribution in [0.25, 0.3) is 11.4 Å². The molecule has 0 amide bonds. The summed E-state index contributed by atoms with van der Waals surface area (Å²) in [4.78, 5) is 16.6. The van der Waals surface area contributed by atoms with Crippen LogP contribution in [0.5, 0.6) is 0 Å². The second-order valence-corrected chi connectivity index (χ2v) is 6.38. The molecule has 1 saturated heterocycles. The van der Waals surface area contributed by atoms with Gasteiger partial charge in [0.25, 0.3) is 0 Å². The first kappa shape index (κ1) is 13.1. The molecule has 2 aliphatic rings. The molecule has 21 heavy (non-hydrogen) atoms. The van der Waals surface area contributed by atoms with E-state index in [1.54, 1.807) is 11.8 Å². The third-order valence-electron chi connectivity index (χ3n) is 4.24. The number of hydrogen-bond acceptors (Lipinski definition) is 5. The Kier molecular flexibility index (Phi) is 3.30. The van der Waals surface area contributed by atoms with E-state index in [0.29, 0.717) is 0 Å². The van der Waals surface area contributed by atoms with Crippen LogP contribution in [0, 0.1) is 0 Å². The quantitative estimate of drug-likeness (QED) is 0.815. The molecule has 0 radical (unpaired) electrons. The topological polar surface area (TPSA) is 41.9 Å².